The van der Waals surface area contributed by atoms with Crippen molar-refractivity contribution in [3.8, 4) is 0 Å². The zero-order valence-corrected chi connectivity index (χ0v) is 11.2. The van der Waals surface area contributed by atoms with Crippen LogP contribution in [0, 0.1) is 0 Å². The van der Waals surface area contributed by atoms with Crippen LogP contribution in [0.5, 0.6) is 0 Å². The second-order valence-corrected chi connectivity index (χ2v) is 4.76. The van der Waals surface area contributed by atoms with Crippen molar-refractivity contribution in [2.45, 2.75) is 12.5 Å². The third-order valence-electron chi connectivity index (χ3n) is 2.08. The molecular weight excluding hydrogens is 278 g/mol. The van der Waals surface area contributed by atoms with Crippen molar-refractivity contribution in [2.75, 3.05) is 12.0 Å². The molecule has 0 saturated carbocycles. The molecule has 8 heteroatoms. The van der Waals surface area contributed by atoms with Crippen LogP contribution in [0.2, 0.25) is 5.15 Å². The van der Waals surface area contributed by atoms with E-state index in [2.05, 4.69) is 15.5 Å². The molecule has 98 valence electrons. The molecule has 0 unspecified atom stereocenters. The van der Waals surface area contributed by atoms with E-state index >= 15 is 0 Å². The first-order valence-corrected chi connectivity index (χ1v) is 6.83. The van der Waals surface area contributed by atoms with Crippen LogP contribution in [-0.4, -0.2) is 45.2 Å². The van der Waals surface area contributed by atoms with E-state index in [4.69, 9.17) is 16.7 Å². The lowest BCUT2D eigenvalue weighted by molar-refractivity contribution is -0.139. The lowest BCUT2D eigenvalue weighted by Gasteiger charge is -2.13. The van der Waals surface area contributed by atoms with Gasteiger partial charge in [0.15, 0.2) is 10.8 Å². The highest BCUT2D eigenvalue weighted by Gasteiger charge is 2.20. The Hall–Kier alpha value is -1.34. The molecule has 1 rings (SSSR count). The van der Waals surface area contributed by atoms with E-state index in [-0.39, 0.29) is 10.8 Å². The Morgan fingerprint density at radius 2 is 2.22 bits per heavy atom. The summed E-state index contributed by atoms with van der Waals surface area (Å²) < 4.78 is 0. The maximum Gasteiger partial charge on any atom is 0.326 e. The average Bonchev–Trinajstić information content (AvgIpc) is 2.34. The lowest BCUT2D eigenvalue weighted by atomic mass is 10.2. The first-order valence-electron chi connectivity index (χ1n) is 5.06. The second-order valence-electron chi connectivity index (χ2n) is 3.39. The summed E-state index contributed by atoms with van der Waals surface area (Å²) in [4.78, 5) is 22.7. The maximum atomic E-state index is 11.7. The summed E-state index contributed by atoms with van der Waals surface area (Å²) in [6, 6.07) is 1.88. The number of hydrogen-bond donors (Lipinski definition) is 2. The zero-order chi connectivity index (χ0) is 13.5. The quantitative estimate of drug-likeness (QED) is 0.814. The highest BCUT2D eigenvalue weighted by molar-refractivity contribution is 7.98. The van der Waals surface area contributed by atoms with Gasteiger partial charge in [0, 0.05) is 0 Å². The van der Waals surface area contributed by atoms with Gasteiger partial charge in [-0.3, -0.25) is 4.79 Å². The third kappa shape index (κ3) is 4.50. The van der Waals surface area contributed by atoms with Crippen LogP contribution >= 0.6 is 23.4 Å². The summed E-state index contributed by atoms with van der Waals surface area (Å²) in [6.45, 7) is 0. The van der Waals surface area contributed by atoms with Crippen molar-refractivity contribution in [3.63, 3.8) is 0 Å². The fourth-order valence-electron chi connectivity index (χ4n) is 1.16. The van der Waals surface area contributed by atoms with E-state index in [1.165, 1.54) is 23.9 Å². The van der Waals surface area contributed by atoms with Gasteiger partial charge in [0.25, 0.3) is 5.91 Å². The Kier molecular flexibility index (Phi) is 5.87. The van der Waals surface area contributed by atoms with E-state index < -0.39 is 17.9 Å². The lowest BCUT2D eigenvalue weighted by Crippen LogP contribution is -2.41. The molecule has 2 N–H and O–H groups in total. The van der Waals surface area contributed by atoms with Crippen LogP contribution in [0.15, 0.2) is 12.1 Å². The molecule has 1 aromatic rings. The summed E-state index contributed by atoms with van der Waals surface area (Å²) in [5.41, 5.74) is 0.0369. The number of aliphatic carboxylic acids is 1. The monoisotopic (exact) mass is 289 g/mol. The van der Waals surface area contributed by atoms with Crippen LogP contribution in [0.1, 0.15) is 16.9 Å². The molecule has 0 aliphatic rings. The predicted molar refractivity (Wildman–Crippen MR) is 68.9 cm³/mol. The minimum absolute atomic E-state index is 0.0369. The van der Waals surface area contributed by atoms with Gasteiger partial charge < -0.3 is 10.4 Å². The molecule has 0 fully saturated rings. The molecule has 1 heterocycles. The summed E-state index contributed by atoms with van der Waals surface area (Å²) in [7, 11) is 0. The molecule has 0 aromatic carbocycles. The molecule has 0 saturated heterocycles. The number of nitrogens with zero attached hydrogens (tertiary/aromatic N) is 2. The van der Waals surface area contributed by atoms with Crippen molar-refractivity contribution in [1.82, 2.24) is 15.5 Å². The molecule has 0 radical (unpaired) electrons. The van der Waals surface area contributed by atoms with Gasteiger partial charge in [0.05, 0.1) is 0 Å². The molecule has 1 aromatic heterocycles. The van der Waals surface area contributed by atoms with Crippen LogP contribution in [0.4, 0.5) is 0 Å². The molecule has 0 spiro atoms. The van der Waals surface area contributed by atoms with Gasteiger partial charge in [-0.15, -0.1) is 10.2 Å². The minimum atomic E-state index is -1.07. The number of nitrogens with one attached hydrogen (secondary N) is 1. The number of thioether (sulfide) groups is 1. The van der Waals surface area contributed by atoms with Gasteiger partial charge in [-0.2, -0.15) is 11.8 Å². The fraction of sp³-hybridized carbons (Fsp3) is 0.400. The minimum Gasteiger partial charge on any atom is -0.480 e. The molecule has 0 aliphatic heterocycles. The summed E-state index contributed by atoms with van der Waals surface area (Å²) in [6.07, 6.45) is 2.22. The number of hydrogen-bond acceptors (Lipinski definition) is 5. The van der Waals surface area contributed by atoms with Crippen molar-refractivity contribution in [1.29, 1.82) is 0 Å². The Labute approximate surface area is 113 Å². The number of aromatic nitrogens is 2. The van der Waals surface area contributed by atoms with Crippen molar-refractivity contribution < 1.29 is 14.7 Å². The number of carbonyl (C=O) groups excluding carboxylic acids is 1. The Morgan fingerprint density at radius 1 is 1.50 bits per heavy atom. The molecular formula is C10H12ClN3O3S. The van der Waals surface area contributed by atoms with Crippen LogP contribution in [0.3, 0.4) is 0 Å². The number of rotatable bonds is 6. The first kappa shape index (κ1) is 14.7. The molecule has 1 atom stereocenters. The molecule has 1 amide bonds. The van der Waals surface area contributed by atoms with Gasteiger partial charge in [-0.05, 0) is 30.6 Å². The van der Waals surface area contributed by atoms with Gasteiger partial charge in [0.2, 0.25) is 0 Å². The van der Waals surface area contributed by atoms with Crippen LogP contribution < -0.4 is 5.32 Å². The molecule has 6 nitrogen and oxygen atoms in total. The highest BCUT2D eigenvalue weighted by Crippen LogP contribution is 2.04. The Bertz CT molecular complexity index is 427. The summed E-state index contributed by atoms with van der Waals surface area (Å²) in [5, 5.41) is 18.6. The topological polar surface area (TPSA) is 92.2 Å². The van der Waals surface area contributed by atoms with Gasteiger partial charge >= 0.3 is 5.97 Å². The van der Waals surface area contributed by atoms with E-state index in [0.29, 0.717) is 12.2 Å². The number of halogens is 1. The van der Waals surface area contributed by atoms with E-state index in [1.807, 2.05) is 6.26 Å². The van der Waals surface area contributed by atoms with E-state index in [0.717, 1.165) is 0 Å². The Morgan fingerprint density at radius 3 is 2.72 bits per heavy atom. The maximum absolute atomic E-state index is 11.7. The summed E-state index contributed by atoms with van der Waals surface area (Å²) >= 11 is 7.05. The van der Waals surface area contributed by atoms with Gasteiger partial charge in [-0.1, -0.05) is 11.6 Å². The van der Waals surface area contributed by atoms with Crippen LogP contribution in [0.25, 0.3) is 0 Å². The molecule has 0 bridgehead atoms. The number of carboxylic acids is 1. The largest absolute Gasteiger partial charge is 0.480 e. The van der Waals surface area contributed by atoms with Crippen molar-refractivity contribution in [2.24, 2.45) is 0 Å². The van der Waals surface area contributed by atoms with Crippen molar-refractivity contribution >= 4 is 35.2 Å². The number of carboxylic acid groups (broad SMARTS) is 1. The van der Waals surface area contributed by atoms with E-state index in [9.17, 15) is 9.59 Å². The van der Waals surface area contributed by atoms with Crippen molar-refractivity contribution in [3.05, 3.63) is 23.0 Å². The van der Waals surface area contributed by atoms with E-state index in [1.54, 1.807) is 0 Å². The normalized spacial score (nSPS) is 11.9. The number of carbonyl (C=O) groups is 2. The van der Waals surface area contributed by atoms with Gasteiger partial charge in [0.1, 0.15) is 6.04 Å². The average molecular weight is 290 g/mol. The smallest absolute Gasteiger partial charge is 0.326 e. The van der Waals surface area contributed by atoms with Crippen LogP contribution in [-0.2, 0) is 4.79 Å². The number of amides is 1. The molecule has 18 heavy (non-hydrogen) atoms. The standard InChI is InChI=1S/C10H12ClN3O3S/c1-18-5-4-7(10(16)17)12-9(15)6-2-3-8(11)14-13-6/h2-3,7H,4-5H2,1H3,(H,12,15)(H,16,17)/t7-/m1/s1. The summed E-state index contributed by atoms with van der Waals surface area (Å²) in [5.74, 6) is -1.00. The second kappa shape index (κ2) is 7.17. The first-order chi connectivity index (χ1) is 8.54. The fourth-order valence-corrected chi connectivity index (χ4v) is 1.73. The van der Waals surface area contributed by atoms with Gasteiger partial charge in [-0.25, -0.2) is 4.79 Å². The molecule has 0 aliphatic carbocycles. The predicted octanol–water partition coefficient (Wildman–Crippen LogP) is 1.07. The zero-order valence-electron chi connectivity index (χ0n) is 9.59. The third-order valence-corrected chi connectivity index (χ3v) is 2.92. The Balaban J connectivity index is 2.66. The SMILES string of the molecule is CSCC[C@@H](NC(=O)c1ccc(Cl)nn1)C(=O)O. The highest BCUT2D eigenvalue weighted by atomic mass is 35.5.